The van der Waals surface area contributed by atoms with Gasteiger partial charge < -0.3 is 0 Å². The second-order valence-corrected chi connectivity index (χ2v) is 7.35. The van der Waals surface area contributed by atoms with E-state index in [1.807, 2.05) is 13.0 Å². The lowest BCUT2D eigenvalue weighted by molar-refractivity contribution is 0.0848. The standard InChI is InChI=1S/C13H10Br2N2O2S/c1-7-6-8(14)2-3-9(7)12(18)16-17-13(19)10-4-5-11(15)20-10/h2-6H,1H3,(H,16,18)(H,17,19). The summed E-state index contributed by atoms with van der Waals surface area (Å²) in [5.74, 6) is -0.692. The van der Waals surface area contributed by atoms with Gasteiger partial charge in [0.2, 0.25) is 0 Å². The minimum absolute atomic E-state index is 0.344. The van der Waals surface area contributed by atoms with Gasteiger partial charge in [-0.2, -0.15) is 0 Å². The van der Waals surface area contributed by atoms with Crippen LogP contribution in [0, 0.1) is 6.92 Å². The number of halogens is 2. The third-order valence-corrected chi connectivity index (χ3v) is 4.64. The van der Waals surface area contributed by atoms with Gasteiger partial charge in [0.15, 0.2) is 0 Å². The number of benzene rings is 1. The van der Waals surface area contributed by atoms with Crippen molar-refractivity contribution < 1.29 is 9.59 Å². The summed E-state index contributed by atoms with van der Waals surface area (Å²) in [5, 5.41) is 0. The molecule has 0 bridgehead atoms. The molecule has 0 aliphatic rings. The van der Waals surface area contributed by atoms with Gasteiger partial charge in [0.25, 0.3) is 11.8 Å². The monoisotopic (exact) mass is 416 g/mol. The van der Waals surface area contributed by atoms with Gasteiger partial charge in [-0.1, -0.05) is 15.9 Å². The minimum Gasteiger partial charge on any atom is -0.267 e. The Morgan fingerprint density at radius 3 is 2.35 bits per heavy atom. The number of amides is 2. The maximum Gasteiger partial charge on any atom is 0.279 e. The van der Waals surface area contributed by atoms with Crippen molar-refractivity contribution in [2.24, 2.45) is 0 Å². The molecule has 4 nitrogen and oxygen atoms in total. The fraction of sp³-hybridized carbons (Fsp3) is 0.0769. The normalized spacial score (nSPS) is 10.2. The Balaban J connectivity index is 2.00. The molecule has 0 spiro atoms. The van der Waals surface area contributed by atoms with Gasteiger partial charge in [-0.25, -0.2) is 0 Å². The Hall–Kier alpha value is -1.18. The third kappa shape index (κ3) is 3.68. The fourth-order valence-corrected chi connectivity index (χ4v) is 3.32. The molecule has 2 amide bonds. The Kier molecular flexibility index (Phi) is 4.95. The molecule has 0 aliphatic heterocycles. The second-order valence-electron chi connectivity index (χ2n) is 3.97. The number of carbonyl (C=O) groups excluding carboxylic acids is 2. The number of rotatable bonds is 2. The third-order valence-electron chi connectivity index (χ3n) is 2.52. The van der Waals surface area contributed by atoms with Crippen LogP contribution in [0.3, 0.4) is 0 Å². The van der Waals surface area contributed by atoms with Crippen molar-refractivity contribution in [1.82, 2.24) is 10.9 Å². The predicted octanol–water partition coefficient (Wildman–Crippen LogP) is 3.66. The van der Waals surface area contributed by atoms with Crippen LogP contribution in [0.25, 0.3) is 0 Å². The molecular formula is C13H10Br2N2O2S. The van der Waals surface area contributed by atoms with Crippen LogP contribution in [-0.4, -0.2) is 11.8 Å². The van der Waals surface area contributed by atoms with Gasteiger partial charge in [-0.05, 0) is 58.7 Å². The van der Waals surface area contributed by atoms with Crippen LogP contribution >= 0.6 is 43.2 Å². The van der Waals surface area contributed by atoms with Gasteiger partial charge in [0, 0.05) is 10.0 Å². The van der Waals surface area contributed by atoms with Crippen molar-refractivity contribution in [3.63, 3.8) is 0 Å². The molecule has 20 heavy (non-hydrogen) atoms. The lowest BCUT2D eigenvalue weighted by Crippen LogP contribution is -2.41. The fourth-order valence-electron chi connectivity index (χ4n) is 1.56. The Bertz CT molecular complexity index is 670. The molecule has 1 aromatic heterocycles. The first-order valence-corrected chi connectivity index (χ1v) is 8.00. The molecule has 1 heterocycles. The number of carbonyl (C=O) groups is 2. The zero-order valence-electron chi connectivity index (χ0n) is 10.4. The second kappa shape index (κ2) is 6.51. The molecule has 2 N–H and O–H groups in total. The van der Waals surface area contributed by atoms with E-state index in [1.165, 1.54) is 11.3 Å². The van der Waals surface area contributed by atoms with Gasteiger partial charge >= 0.3 is 0 Å². The average molecular weight is 418 g/mol. The molecule has 0 unspecified atom stereocenters. The number of aryl methyl sites for hydroxylation is 1. The van der Waals surface area contributed by atoms with E-state index in [1.54, 1.807) is 24.3 Å². The van der Waals surface area contributed by atoms with Crippen LogP contribution in [0.5, 0.6) is 0 Å². The molecular weight excluding hydrogens is 408 g/mol. The van der Waals surface area contributed by atoms with Gasteiger partial charge in [0.05, 0.1) is 8.66 Å². The number of hydrogen-bond acceptors (Lipinski definition) is 3. The number of thiophene rings is 1. The smallest absolute Gasteiger partial charge is 0.267 e. The average Bonchev–Trinajstić information content (AvgIpc) is 2.82. The number of hydrazine groups is 1. The van der Waals surface area contributed by atoms with E-state index < -0.39 is 0 Å². The highest BCUT2D eigenvalue weighted by molar-refractivity contribution is 9.11. The molecule has 0 atom stereocenters. The maximum absolute atomic E-state index is 12.0. The lowest BCUT2D eigenvalue weighted by atomic mass is 10.1. The summed E-state index contributed by atoms with van der Waals surface area (Å²) < 4.78 is 1.76. The van der Waals surface area contributed by atoms with E-state index in [0.717, 1.165) is 13.8 Å². The van der Waals surface area contributed by atoms with Crippen molar-refractivity contribution in [2.45, 2.75) is 6.92 Å². The Morgan fingerprint density at radius 1 is 1.05 bits per heavy atom. The highest BCUT2D eigenvalue weighted by Gasteiger charge is 2.12. The zero-order chi connectivity index (χ0) is 14.7. The van der Waals surface area contributed by atoms with Crippen molar-refractivity contribution in [3.8, 4) is 0 Å². The zero-order valence-corrected chi connectivity index (χ0v) is 14.4. The molecule has 0 saturated carbocycles. The van der Waals surface area contributed by atoms with Gasteiger partial charge in [-0.15, -0.1) is 11.3 Å². The van der Waals surface area contributed by atoms with Gasteiger partial charge in [0.1, 0.15) is 0 Å². The Morgan fingerprint density at radius 2 is 1.75 bits per heavy atom. The lowest BCUT2D eigenvalue weighted by Gasteiger charge is -2.08. The van der Waals surface area contributed by atoms with Crippen LogP contribution in [0.1, 0.15) is 25.6 Å². The highest BCUT2D eigenvalue weighted by Crippen LogP contribution is 2.21. The minimum atomic E-state index is -0.348. The van der Waals surface area contributed by atoms with Gasteiger partial charge in [-0.3, -0.25) is 20.4 Å². The summed E-state index contributed by atoms with van der Waals surface area (Å²) in [7, 11) is 0. The summed E-state index contributed by atoms with van der Waals surface area (Å²) in [6.45, 7) is 1.83. The summed E-state index contributed by atoms with van der Waals surface area (Å²) in [5.41, 5.74) is 6.13. The maximum atomic E-state index is 12.0. The SMILES string of the molecule is Cc1cc(Br)ccc1C(=O)NNC(=O)c1ccc(Br)s1. The number of hydrogen-bond donors (Lipinski definition) is 2. The Labute approximate surface area is 136 Å². The highest BCUT2D eigenvalue weighted by atomic mass is 79.9. The molecule has 104 valence electrons. The molecule has 7 heteroatoms. The quantitative estimate of drug-likeness (QED) is 0.732. The molecule has 0 saturated heterocycles. The van der Waals surface area contributed by atoms with E-state index in [2.05, 4.69) is 42.7 Å². The molecule has 0 radical (unpaired) electrons. The first-order chi connectivity index (χ1) is 9.47. The molecule has 0 aliphatic carbocycles. The van der Waals surface area contributed by atoms with Crippen molar-refractivity contribution in [2.75, 3.05) is 0 Å². The van der Waals surface area contributed by atoms with E-state index in [-0.39, 0.29) is 11.8 Å². The summed E-state index contributed by atoms with van der Waals surface area (Å²) in [6, 6.07) is 8.78. The molecule has 2 aromatic rings. The topological polar surface area (TPSA) is 58.2 Å². The first-order valence-electron chi connectivity index (χ1n) is 5.59. The van der Waals surface area contributed by atoms with Crippen molar-refractivity contribution >= 4 is 55.0 Å². The van der Waals surface area contributed by atoms with Crippen molar-refractivity contribution in [3.05, 3.63) is 54.6 Å². The predicted molar refractivity (Wildman–Crippen MR) is 85.8 cm³/mol. The van der Waals surface area contributed by atoms with E-state index in [9.17, 15) is 9.59 Å². The van der Waals surface area contributed by atoms with Crippen LogP contribution in [-0.2, 0) is 0 Å². The summed E-state index contributed by atoms with van der Waals surface area (Å²) in [4.78, 5) is 24.3. The van der Waals surface area contributed by atoms with E-state index >= 15 is 0 Å². The largest absolute Gasteiger partial charge is 0.279 e. The molecule has 1 aromatic carbocycles. The van der Waals surface area contributed by atoms with E-state index in [0.29, 0.717) is 10.4 Å². The van der Waals surface area contributed by atoms with Crippen LogP contribution in [0.15, 0.2) is 38.6 Å². The van der Waals surface area contributed by atoms with Crippen LogP contribution in [0.4, 0.5) is 0 Å². The molecule has 2 rings (SSSR count). The first kappa shape index (κ1) is 15.2. The summed E-state index contributed by atoms with van der Waals surface area (Å²) in [6.07, 6.45) is 0. The van der Waals surface area contributed by atoms with Crippen LogP contribution < -0.4 is 10.9 Å². The van der Waals surface area contributed by atoms with E-state index in [4.69, 9.17) is 0 Å². The summed E-state index contributed by atoms with van der Waals surface area (Å²) >= 11 is 7.91. The van der Waals surface area contributed by atoms with Crippen molar-refractivity contribution in [1.29, 1.82) is 0 Å². The number of nitrogens with one attached hydrogen (secondary N) is 2. The van der Waals surface area contributed by atoms with Crippen LogP contribution in [0.2, 0.25) is 0 Å². The molecule has 0 fully saturated rings.